The van der Waals surface area contributed by atoms with Crippen molar-refractivity contribution in [3.63, 3.8) is 0 Å². The molecule has 0 aliphatic rings. The Morgan fingerprint density at radius 3 is 2.53 bits per heavy atom. The van der Waals surface area contributed by atoms with Gasteiger partial charge in [-0.05, 0) is 24.0 Å². The third-order valence-corrected chi connectivity index (χ3v) is 4.11. The summed E-state index contributed by atoms with van der Waals surface area (Å²) in [6, 6.07) is 8.24. The van der Waals surface area contributed by atoms with Crippen LogP contribution < -0.4 is 0 Å². The number of aryl methyl sites for hydroxylation is 1. The minimum absolute atomic E-state index is 0.457. The lowest BCUT2D eigenvalue weighted by molar-refractivity contribution is 0.271. The Balaban J connectivity index is 2.09. The van der Waals surface area contributed by atoms with Crippen molar-refractivity contribution >= 4 is 11.0 Å². The summed E-state index contributed by atoms with van der Waals surface area (Å²) in [5, 5.41) is 0. The number of aromatic amines is 1. The smallest absolute Gasteiger partial charge is 0.107 e. The van der Waals surface area contributed by atoms with Crippen LogP contribution in [-0.4, -0.2) is 9.97 Å². The fourth-order valence-electron chi connectivity index (χ4n) is 2.15. The van der Waals surface area contributed by atoms with Gasteiger partial charge in [-0.3, -0.25) is 0 Å². The molecule has 0 saturated heterocycles. The summed E-state index contributed by atoms with van der Waals surface area (Å²) >= 11 is 0. The number of H-pyrrole nitrogens is 1. The molecule has 0 atom stereocenters. The van der Waals surface area contributed by atoms with E-state index < -0.39 is 0 Å². The number of hydrogen-bond donors (Lipinski definition) is 1. The normalized spacial score (nSPS) is 12.2. The second-order valence-electron chi connectivity index (χ2n) is 5.22. The van der Waals surface area contributed by atoms with Gasteiger partial charge >= 0.3 is 0 Å². The van der Waals surface area contributed by atoms with Crippen LogP contribution in [-0.2, 0) is 6.42 Å². The van der Waals surface area contributed by atoms with E-state index in [2.05, 4.69) is 42.9 Å². The molecule has 0 fully saturated rings. The summed E-state index contributed by atoms with van der Waals surface area (Å²) in [5.74, 6) is 1.12. The molecule has 0 radical (unpaired) electrons. The van der Waals surface area contributed by atoms with Crippen LogP contribution in [0.15, 0.2) is 24.3 Å². The number of fused-ring (bicyclic) bond motifs is 1. The van der Waals surface area contributed by atoms with Gasteiger partial charge in [0.05, 0.1) is 11.0 Å². The van der Waals surface area contributed by atoms with Crippen molar-refractivity contribution in [3.05, 3.63) is 30.1 Å². The maximum Gasteiger partial charge on any atom is 0.107 e. The molecule has 0 spiro atoms. The van der Waals surface area contributed by atoms with Crippen molar-refractivity contribution in [1.82, 2.24) is 9.97 Å². The van der Waals surface area contributed by atoms with Gasteiger partial charge in [0, 0.05) is 6.42 Å². The molecule has 17 heavy (non-hydrogen) atoms. The number of aromatic nitrogens is 2. The zero-order valence-electron chi connectivity index (χ0n) is 11.1. The Morgan fingerprint density at radius 1 is 1.18 bits per heavy atom. The van der Waals surface area contributed by atoms with Crippen LogP contribution in [0.1, 0.15) is 45.9 Å². The van der Waals surface area contributed by atoms with Gasteiger partial charge in [0.15, 0.2) is 0 Å². The molecular weight excluding hydrogens is 208 g/mol. The van der Waals surface area contributed by atoms with Crippen LogP contribution in [0.4, 0.5) is 0 Å². The summed E-state index contributed by atoms with van der Waals surface area (Å²) in [4.78, 5) is 8.03. The lowest BCUT2D eigenvalue weighted by Crippen LogP contribution is -2.15. The van der Waals surface area contributed by atoms with Crippen molar-refractivity contribution in [2.75, 3.05) is 0 Å². The third kappa shape index (κ3) is 2.68. The van der Waals surface area contributed by atoms with Gasteiger partial charge < -0.3 is 4.98 Å². The van der Waals surface area contributed by atoms with E-state index in [0.29, 0.717) is 5.41 Å². The van der Waals surface area contributed by atoms with Gasteiger partial charge in [-0.1, -0.05) is 45.7 Å². The Hall–Kier alpha value is -1.31. The second kappa shape index (κ2) is 4.91. The maximum absolute atomic E-state index is 4.63. The predicted octanol–water partition coefficient (Wildman–Crippen LogP) is 4.32. The Labute approximate surface area is 103 Å². The lowest BCUT2D eigenvalue weighted by atomic mass is 9.80. The summed E-state index contributed by atoms with van der Waals surface area (Å²) in [6.07, 6.45) is 4.74. The molecule has 0 aliphatic heterocycles. The number of imidazole rings is 1. The van der Waals surface area contributed by atoms with Crippen LogP contribution in [0.25, 0.3) is 11.0 Å². The lowest BCUT2D eigenvalue weighted by Gasteiger charge is -2.25. The average Bonchev–Trinajstić information content (AvgIpc) is 2.79. The van der Waals surface area contributed by atoms with Gasteiger partial charge in [0.1, 0.15) is 5.82 Å². The summed E-state index contributed by atoms with van der Waals surface area (Å²) in [7, 11) is 0. The Bertz CT molecular complexity index is 447. The molecule has 1 heterocycles. The molecule has 92 valence electrons. The SMILES string of the molecule is CCC(C)(CC)CCc1nc2ccccc2[nH]1. The highest BCUT2D eigenvalue weighted by molar-refractivity contribution is 5.74. The van der Waals surface area contributed by atoms with Crippen LogP contribution >= 0.6 is 0 Å². The average molecular weight is 230 g/mol. The molecule has 0 amide bonds. The van der Waals surface area contributed by atoms with E-state index in [0.717, 1.165) is 23.3 Å². The standard InChI is InChI=1S/C15H22N2/c1-4-15(3,5-2)11-10-14-16-12-8-6-7-9-13(12)17-14/h6-9H,4-5,10-11H2,1-3H3,(H,16,17). The molecule has 1 aromatic carbocycles. The quantitative estimate of drug-likeness (QED) is 0.814. The van der Waals surface area contributed by atoms with Gasteiger partial charge in [0.2, 0.25) is 0 Å². The zero-order chi connectivity index (χ0) is 12.3. The predicted molar refractivity (Wildman–Crippen MR) is 73.1 cm³/mol. The van der Waals surface area contributed by atoms with Crippen LogP contribution in [0.2, 0.25) is 0 Å². The molecule has 0 bridgehead atoms. The summed E-state index contributed by atoms with van der Waals surface area (Å²) in [6.45, 7) is 6.93. The van der Waals surface area contributed by atoms with Crippen molar-refractivity contribution in [3.8, 4) is 0 Å². The second-order valence-corrected chi connectivity index (χ2v) is 5.22. The fourth-order valence-corrected chi connectivity index (χ4v) is 2.15. The molecule has 0 aliphatic carbocycles. The highest BCUT2D eigenvalue weighted by Crippen LogP contribution is 2.30. The van der Waals surface area contributed by atoms with E-state index >= 15 is 0 Å². The van der Waals surface area contributed by atoms with E-state index in [1.165, 1.54) is 19.3 Å². The van der Waals surface area contributed by atoms with E-state index in [-0.39, 0.29) is 0 Å². The molecule has 1 N–H and O–H groups in total. The maximum atomic E-state index is 4.63. The molecule has 2 aromatic rings. The number of para-hydroxylation sites is 2. The molecular formula is C15H22N2. The topological polar surface area (TPSA) is 28.7 Å². The minimum atomic E-state index is 0.457. The molecule has 2 nitrogen and oxygen atoms in total. The number of hydrogen-bond acceptors (Lipinski definition) is 1. The monoisotopic (exact) mass is 230 g/mol. The summed E-state index contributed by atoms with van der Waals surface area (Å²) < 4.78 is 0. The third-order valence-electron chi connectivity index (χ3n) is 4.11. The van der Waals surface area contributed by atoms with E-state index in [9.17, 15) is 0 Å². The highest BCUT2D eigenvalue weighted by atomic mass is 14.9. The van der Waals surface area contributed by atoms with E-state index in [4.69, 9.17) is 0 Å². The first-order chi connectivity index (χ1) is 8.17. The van der Waals surface area contributed by atoms with Crippen molar-refractivity contribution in [2.45, 2.75) is 46.5 Å². The van der Waals surface area contributed by atoms with E-state index in [1.54, 1.807) is 0 Å². The fraction of sp³-hybridized carbons (Fsp3) is 0.533. The van der Waals surface area contributed by atoms with E-state index in [1.807, 2.05) is 12.1 Å². The van der Waals surface area contributed by atoms with Gasteiger partial charge in [-0.2, -0.15) is 0 Å². The van der Waals surface area contributed by atoms with Crippen LogP contribution in [0.3, 0.4) is 0 Å². The molecule has 0 unspecified atom stereocenters. The Kier molecular flexibility index (Phi) is 3.51. The minimum Gasteiger partial charge on any atom is -0.342 e. The number of benzene rings is 1. The highest BCUT2D eigenvalue weighted by Gasteiger charge is 2.19. The molecule has 0 saturated carbocycles. The van der Waals surface area contributed by atoms with Crippen LogP contribution in [0.5, 0.6) is 0 Å². The van der Waals surface area contributed by atoms with Crippen LogP contribution in [0, 0.1) is 5.41 Å². The summed E-state index contributed by atoms with van der Waals surface area (Å²) in [5.41, 5.74) is 2.69. The Morgan fingerprint density at radius 2 is 1.88 bits per heavy atom. The van der Waals surface area contributed by atoms with Crippen molar-refractivity contribution in [1.29, 1.82) is 0 Å². The first-order valence-corrected chi connectivity index (χ1v) is 6.60. The molecule has 2 heteroatoms. The van der Waals surface area contributed by atoms with Gasteiger partial charge in [-0.15, -0.1) is 0 Å². The number of nitrogens with zero attached hydrogens (tertiary/aromatic N) is 1. The van der Waals surface area contributed by atoms with Gasteiger partial charge in [-0.25, -0.2) is 4.98 Å². The number of rotatable bonds is 5. The van der Waals surface area contributed by atoms with Gasteiger partial charge in [0.25, 0.3) is 0 Å². The molecule has 2 rings (SSSR count). The number of nitrogens with one attached hydrogen (secondary N) is 1. The largest absolute Gasteiger partial charge is 0.342 e. The molecule has 1 aromatic heterocycles. The first kappa shape index (κ1) is 12.2. The van der Waals surface area contributed by atoms with Crippen molar-refractivity contribution < 1.29 is 0 Å². The zero-order valence-corrected chi connectivity index (χ0v) is 11.1. The first-order valence-electron chi connectivity index (χ1n) is 6.60. The van der Waals surface area contributed by atoms with Crippen molar-refractivity contribution in [2.24, 2.45) is 5.41 Å².